The van der Waals surface area contributed by atoms with Gasteiger partial charge in [-0.2, -0.15) is 0 Å². The molecule has 0 rings (SSSR count). The van der Waals surface area contributed by atoms with E-state index in [2.05, 4.69) is 5.32 Å². The number of ether oxygens (including phenoxy) is 1. The number of hydrogen-bond donors (Lipinski definition) is 1. The molecule has 4 heteroatoms. The predicted molar refractivity (Wildman–Crippen MR) is 44.6 cm³/mol. The Labute approximate surface area is 72.3 Å². The van der Waals surface area contributed by atoms with Crippen LogP contribution in [-0.2, 0) is 14.3 Å². The van der Waals surface area contributed by atoms with Crippen LogP contribution in [0.25, 0.3) is 0 Å². The summed E-state index contributed by atoms with van der Waals surface area (Å²) >= 11 is 0. The van der Waals surface area contributed by atoms with Crippen LogP contribution in [0.5, 0.6) is 0 Å². The van der Waals surface area contributed by atoms with Gasteiger partial charge in [0.15, 0.2) is 0 Å². The maximum atomic E-state index is 10.8. The summed E-state index contributed by atoms with van der Waals surface area (Å²) in [6, 6.07) is 0. The van der Waals surface area contributed by atoms with Gasteiger partial charge in [-0.05, 0) is 6.42 Å². The Morgan fingerprint density at radius 2 is 2.08 bits per heavy atom. The van der Waals surface area contributed by atoms with E-state index in [9.17, 15) is 9.59 Å². The highest BCUT2D eigenvalue weighted by atomic mass is 16.5. The highest BCUT2D eigenvalue weighted by molar-refractivity contribution is 5.74. The molecule has 0 unspecified atom stereocenters. The highest BCUT2D eigenvalue weighted by Crippen LogP contribution is 1.86. The lowest BCUT2D eigenvalue weighted by Crippen LogP contribution is -2.23. The average Bonchev–Trinajstić information content (AvgIpc) is 2.00. The van der Waals surface area contributed by atoms with Gasteiger partial charge in [0.25, 0.3) is 0 Å². The van der Waals surface area contributed by atoms with Gasteiger partial charge in [0.05, 0.1) is 13.0 Å². The van der Waals surface area contributed by atoms with Crippen LogP contribution in [0.1, 0.15) is 26.7 Å². The zero-order chi connectivity index (χ0) is 9.40. The molecule has 0 bridgehead atoms. The standard InChI is InChI=1S/C8H15NO3/c1-3-6-12-8(11)4-5-9-7(2)10/h3-6H2,1-2H3,(H,9,10). The van der Waals surface area contributed by atoms with Crippen LogP contribution in [0.3, 0.4) is 0 Å². The monoisotopic (exact) mass is 173 g/mol. The fourth-order valence-corrected chi connectivity index (χ4v) is 0.629. The van der Waals surface area contributed by atoms with Crippen molar-refractivity contribution in [3.05, 3.63) is 0 Å². The largest absolute Gasteiger partial charge is 0.466 e. The van der Waals surface area contributed by atoms with E-state index in [1.807, 2.05) is 6.92 Å². The maximum Gasteiger partial charge on any atom is 0.307 e. The molecule has 0 aliphatic rings. The van der Waals surface area contributed by atoms with Crippen molar-refractivity contribution in [2.45, 2.75) is 26.7 Å². The summed E-state index contributed by atoms with van der Waals surface area (Å²) in [6.45, 7) is 4.16. The third-order valence-electron chi connectivity index (χ3n) is 1.17. The van der Waals surface area contributed by atoms with E-state index in [0.717, 1.165) is 6.42 Å². The van der Waals surface area contributed by atoms with E-state index >= 15 is 0 Å². The Bertz CT molecular complexity index is 156. The van der Waals surface area contributed by atoms with Crippen LogP contribution in [-0.4, -0.2) is 25.0 Å². The fraction of sp³-hybridized carbons (Fsp3) is 0.750. The van der Waals surface area contributed by atoms with Gasteiger partial charge in [-0.1, -0.05) is 6.92 Å². The van der Waals surface area contributed by atoms with Crippen molar-refractivity contribution in [1.29, 1.82) is 0 Å². The first-order valence-corrected chi connectivity index (χ1v) is 4.07. The number of amides is 1. The van der Waals surface area contributed by atoms with Crippen molar-refractivity contribution in [3.63, 3.8) is 0 Å². The maximum absolute atomic E-state index is 10.8. The molecule has 0 saturated carbocycles. The molecule has 0 heterocycles. The molecule has 0 aromatic carbocycles. The fourth-order valence-electron chi connectivity index (χ4n) is 0.629. The van der Waals surface area contributed by atoms with Crippen LogP contribution in [0.2, 0.25) is 0 Å². The van der Waals surface area contributed by atoms with Crippen molar-refractivity contribution in [2.24, 2.45) is 0 Å². The number of esters is 1. The molecule has 1 N–H and O–H groups in total. The van der Waals surface area contributed by atoms with Crippen LogP contribution in [0.15, 0.2) is 0 Å². The van der Waals surface area contributed by atoms with E-state index in [1.165, 1.54) is 6.92 Å². The Kier molecular flexibility index (Phi) is 6.05. The Hall–Kier alpha value is -1.06. The third-order valence-corrected chi connectivity index (χ3v) is 1.17. The summed E-state index contributed by atoms with van der Waals surface area (Å²) in [6.07, 6.45) is 1.07. The summed E-state index contributed by atoms with van der Waals surface area (Å²) < 4.78 is 4.78. The first kappa shape index (κ1) is 10.9. The van der Waals surface area contributed by atoms with Crippen molar-refractivity contribution in [1.82, 2.24) is 5.32 Å². The number of nitrogens with one attached hydrogen (secondary N) is 1. The van der Waals surface area contributed by atoms with Crippen molar-refractivity contribution in [2.75, 3.05) is 13.2 Å². The smallest absolute Gasteiger partial charge is 0.307 e. The zero-order valence-corrected chi connectivity index (χ0v) is 7.55. The molecular formula is C8H15NO3. The lowest BCUT2D eigenvalue weighted by atomic mass is 10.4. The molecule has 0 aromatic rings. The van der Waals surface area contributed by atoms with Crippen LogP contribution in [0.4, 0.5) is 0 Å². The van der Waals surface area contributed by atoms with E-state index in [-0.39, 0.29) is 18.3 Å². The van der Waals surface area contributed by atoms with Crippen molar-refractivity contribution >= 4 is 11.9 Å². The molecule has 0 fully saturated rings. The van der Waals surface area contributed by atoms with Gasteiger partial charge >= 0.3 is 5.97 Å². The quantitative estimate of drug-likeness (QED) is 0.615. The molecule has 70 valence electrons. The molecule has 0 aliphatic carbocycles. The third kappa shape index (κ3) is 7.05. The number of rotatable bonds is 5. The van der Waals surface area contributed by atoms with Crippen molar-refractivity contribution in [3.8, 4) is 0 Å². The minimum Gasteiger partial charge on any atom is -0.466 e. The number of carbonyl (C=O) groups excluding carboxylic acids is 2. The van der Waals surface area contributed by atoms with Gasteiger partial charge in [0.1, 0.15) is 0 Å². The molecule has 0 saturated heterocycles. The van der Waals surface area contributed by atoms with Gasteiger partial charge in [-0.25, -0.2) is 0 Å². The van der Waals surface area contributed by atoms with Gasteiger partial charge in [-0.15, -0.1) is 0 Å². The second-order valence-corrected chi connectivity index (χ2v) is 2.45. The Morgan fingerprint density at radius 1 is 1.42 bits per heavy atom. The molecule has 4 nitrogen and oxygen atoms in total. The highest BCUT2D eigenvalue weighted by Gasteiger charge is 2.01. The molecule has 0 radical (unpaired) electrons. The predicted octanol–water partition coefficient (Wildman–Crippen LogP) is 0.466. The number of hydrogen-bond acceptors (Lipinski definition) is 3. The van der Waals surface area contributed by atoms with Crippen LogP contribution >= 0.6 is 0 Å². The van der Waals surface area contributed by atoms with Crippen LogP contribution < -0.4 is 5.32 Å². The molecule has 1 amide bonds. The minimum absolute atomic E-state index is 0.127. The second-order valence-electron chi connectivity index (χ2n) is 2.45. The first-order chi connectivity index (χ1) is 5.66. The molecular weight excluding hydrogens is 158 g/mol. The van der Waals surface area contributed by atoms with Gasteiger partial charge in [0.2, 0.25) is 5.91 Å². The molecule has 0 atom stereocenters. The average molecular weight is 173 g/mol. The van der Waals surface area contributed by atoms with E-state index < -0.39 is 0 Å². The molecule has 0 aliphatic heterocycles. The van der Waals surface area contributed by atoms with E-state index in [1.54, 1.807) is 0 Å². The minimum atomic E-state index is -0.259. The van der Waals surface area contributed by atoms with Crippen molar-refractivity contribution < 1.29 is 14.3 Å². The first-order valence-electron chi connectivity index (χ1n) is 4.07. The van der Waals surface area contributed by atoms with Gasteiger partial charge in [-0.3, -0.25) is 9.59 Å². The van der Waals surface area contributed by atoms with E-state index in [0.29, 0.717) is 13.2 Å². The second kappa shape index (κ2) is 6.64. The Balaban J connectivity index is 3.25. The van der Waals surface area contributed by atoms with Crippen LogP contribution in [0, 0.1) is 0 Å². The summed E-state index contributed by atoms with van der Waals surface area (Å²) in [7, 11) is 0. The van der Waals surface area contributed by atoms with Gasteiger partial charge < -0.3 is 10.1 Å². The van der Waals surface area contributed by atoms with E-state index in [4.69, 9.17) is 4.74 Å². The molecule has 0 spiro atoms. The zero-order valence-electron chi connectivity index (χ0n) is 7.55. The lowest BCUT2D eigenvalue weighted by Gasteiger charge is -2.02. The Morgan fingerprint density at radius 3 is 2.58 bits per heavy atom. The number of carbonyl (C=O) groups is 2. The summed E-state index contributed by atoms with van der Waals surface area (Å²) in [5, 5.41) is 2.51. The summed E-state index contributed by atoms with van der Waals surface area (Å²) in [5.74, 6) is -0.385. The SMILES string of the molecule is CCCOC(=O)CCNC(C)=O. The normalized spacial score (nSPS) is 9.17. The molecule has 12 heavy (non-hydrogen) atoms. The lowest BCUT2D eigenvalue weighted by molar-refractivity contribution is -0.143. The summed E-state index contributed by atoms with van der Waals surface area (Å²) in [4.78, 5) is 21.2. The van der Waals surface area contributed by atoms with Gasteiger partial charge in [0, 0.05) is 13.5 Å². The summed E-state index contributed by atoms with van der Waals surface area (Å²) in [5.41, 5.74) is 0. The molecule has 0 aromatic heterocycles. The topological polar surface area (TPSA) is 55.4 Å².